The molecule has 7 nitrogen and oxygen atoms in total. The summed E-state index contributed by atoms with van der Waals surface area (Å²) in [6.07, 6.45) is 1.90. The van der Waals surface area contributed by atoms with Gasteiger partial charge in [0.2, 0.25) is 0 Å². The van der Waals surface area contributed by atoms with Crippen LogP contribution in [0.3, 0.4) is 0 Å². The summed E-state index contributed by atoms with van der Waals surface area (Å²) < 4.78 is 10.5. The lowest BCUT2D eigenvalue weighted by atomic mass is 10.0. The number of amides is 2. The molecule has 2 amide bonds. The highest BCUT2D eigenvalue weighted by Crippen LogP contribution is 2.26. The maximum atomic E-state index is 12.8. The minimum atomic E-state index is -0.537. The third-order valence-electron chi connectivity index (χ3n) is 5.59. The third kappa shape index (κ3) is 7.49. The van der Waals surface area contributed by atoms with Gasteiger partial charge in [-0.1, -0.05) is 24.3 Å². The number of methoxy groups -OCH3 is 1. The summed E-state index contributed by atoms with van der Waals surface area (Å²) in [7, 11) is 1.66. The Balaban J connectivity index is 1.56. The number of hydrogen-bond acceptors (Lipinski definition) is 5. The van der Waals surface area contributed by atoms with Gasteiger partial charge in [0.15, 0.2) is 0 Å². The lowest BCUT2D eigenvalue weighted by Crippen LogP contribution is -2.36. The average molecular weight is 454 g/mol. The first-order valence-electron chi connectivity index (χ1n) is 11.5. The molecule has 1 saturated heterocycles. The number of likely N-dealkylation sites (tertiary alicyclic amines) is 1. The van der Waals surface area contributed by atoms with Gasteiger partial charge < -0.3 is 20.1 Å². The standard InChI is InChI=1S/C26H35N3O4/c1-26(2,3)33-25(31)28-17-19-7-9-21(10-8-19)24(30)27-18-23(29-15-5-6-16-29)20-11-13-22(32-4)14-12-20/h7-14,23H,5-6,15-18H2,1-4H3,(H,27,30)(H,28,31). The van der Waals surface area contributed by atoms with Crippen LogP contribution >= 0.6 is 0 Å². The first-order chi connectivity index (χ1) is 15.7. The number of rotatable bonds is 8. The number of carbonyl (C=O) groups is 2. The highest BCUT2D eigenvalue weighted by molar-refractivity contribution is 5.94. The van der Waals surface area contributed by atoms with Gasteiger partial charge in [-0.05, 0) is 82.1 Å². The summed E-state index contributed by atoms with van der Waals surface area (Å²) in [5, 5.41) is 5.82. The van der Waals surface area contributed by atoms with Gasteiger partial charge in [0.25, 0.3) is 5.91 Å². The van der Waals surface area contributed by atoms with Crippen LogP contribution in [0.25, 0.3) is 0 Å². The average Bonchev–Trinajstić information content (AvgIpc) is 3.32. The van der Waals surface area contributed by atoms with E-state index in [1.54, 1.807) is 19.2 Å². The molecule has 0 aromatic heterocycles. The van der Waals surface area contributed by atoms with E-state index in [9.17, 15) is 9.59 Å². The Bertz CT molecular complexity index is 914. The van der Waals surface area contributed by atoms with Gasteiger partial charge >= 0.3 is 6.09 Å². The molecule has 1 fully saturated rings. The number of carbonyl (C=O) groups excluding carboxylic acids is 2. The molecule has 2 aromatic rings. The molecule has 1 aliphatic rings. The number of alkyl carbamates (subject to hydrolysis) is 1. The molecule has 0 aliphatic carbocycles. The van der Waals surface area contributed by atoms with Crippen LogP contribution in [0, 0.1) is 0 Å². The molecule has 33 heavy (non-hydrogen) atoms. The Labute approximate surface area is 196 Å². The SMILES string of the molecule is COc1ccc(C(CNC(=O)c2ccc(CNC(=O)OC(C)(C)C)cc2)N2CCCC2)cc1. The van der Waals surface area contributed by atoms with Gasteiger partial charge in [-0.2, -0.15) is 0 Å². The molecule has 1 aliphatic heterocycles. The van der Waals surface area contributed by atoms with E-state index in [0.29, 0.717) is 18.7 Å². The molecule has 0 bridgehead atoms. The van der Waals surface area contributed by atoms with Crippen LogP contribution in [0.15, 0.2) is 48.5 Å². The van der Waals surface area contributed by atoms with E-state index < -0.39 is 11.7 Å². The van der Waals surface area contributed by atoms with Crippen molar-refractivity contribution in [2.24, 2.45) is 0 Å². The molecule has 1 unspecified atom stereocenters. The minimum absolute atomic E-state index is 0.112. The van der Waals surface area contributed by atoms with Crippen molar-refractivity contribution in [2.45, 2.75) is 51.8 Å². The Morgan fingerprint density at radius 3 is 2.18 bits per heavy atom. The van der Waals surface area contributed by atoms with Crippen molar-refractivity contribution in [1.82, 2.24) is 15.5 Å². The zero-order chi connectivity index (χ0) is 23.8. The summed E-state index contributed by atoms with van der Waals surface area (Å²) in [6.45, 7) is 8.41. The van der Waals surface area contributed by atoms with Crippen molar-refractivity contribution in [3.8, 4) is 5.75 Å². The first-order valence-corrected chi connectivity index (χ1v) is 11.5. The molecule has 2 N–H and O–H groups in total. The fourth-order valence-corrected chi connectivity index (χ4v) is 3.89. The Kier molecular flexibility index (Phi) is 8.33. The molecule has 0 radical (unpaired) electrons. The van der Waals surface area contributed by atoms with Crippen molar-refractivity contribution in [1.29, 1.82) is 0 Å². The largest absolute Gasteiger partial charge is 0.497 e. The second-order valence-electron chi connectivity index (χ2n) is 9.29. The highest BCUT2D eigenvalue weighted by atomic mass is 16.6. The maximum absolute atomic E-state index is 12.8. The smallest absolute Gasteiger partial charge is 0.407 e. The fourth-order valence-electron chi connectivity index (χ4n) is 3.89. The monoisotopic (exact) mass is 453 g/mol. The number of ether oxygens (including phenoxy) is 2. The third-order valence-corrected chi connectivity index (χ3v) is 5.59. The number of nitrogens with zero attached hydrogens (tertiary/aromatic N) is 1. The van der Waals surface area contributed by atoms with Crippen molar-refractivity contribution in [3.63, 3.8) is 0 Å². The zero-order valence-electron chi connectivity index (χ0n) is 20.0. The Morgan fingerprint density at radius 2 is 1.61 bits per heavy atom. The van der Waals surface area contributed by atoms with E-state index >= 15 is 0 Å². The van der Waals surface area contributed by atoms with Crippen LogP contribution in [0.4, 0.5) is 4.79 Å². The molecule has 1 atom stereocenters. The predicted octanol–water partition coefficient (Wildman–Crippen LogP) is 4.29. The molecule has 0 spiro atoms. The van der Waals surface area contributed by atoms with Crippen LogP contribution < -0.4 is 15.4 Å². The molecule has 7 heteroatoms. The van der Waals surface area contributed by atoms with E-state index in [0.717, 1.165) is 24.4 Å². The number of nitrogens with one attached hydrogen (secondary N) is 2. The summed E-state index contributed by atoms with van der Waals surface area (Å²) in [4.78, 5) is 27.0. The van der Waals surface area contributed by atoms with Gasteiger partial charge in [-0.3, -0.25) is 9.69 Å². The zero-order valence-corrected chi connectivity index (χ0v) is 20.0. The van der Waals surface area contributed by atoms with E-state index in [1.165, 1.54) is 18.4 Å². The second-order valence-corrected chi connectivity index (χ2v) is 9.29. The van der Waals surface area contributed by atoms with Crippen LogP contribution in [0.2, 0.25) is 0 Å². The topological polar surface area (TPSA) is 79.9 Å². The van der Waals surface area contributed by atoms with Crippen LogP contribution in [-0.2, 0) is 11.3 Å². The molecule has 3 rings (SSSR count). The maximum Gasteiger partial charge on any atom is 0.407 e. The van der Waals surface area contributed by atoms with Crippen LogP contribution in [-0.4, -0.2) is 49.2 Å². The van der Waals surface area contributed by atoms with Crippen molar-refractivity contribution in [3.05, 3.63) is 65.2 Å². The van der Waals surface area contributed by atoms with Gasteiger partial charge in [-0.15, -0.1) is 0 Å². The van der Waals surface area contributed by atoms with E-state index in [4.69, 9.17) is 9.47 Å². The minimum Gasteiger partial charge on any atom is -0.497 e. The van der Waals surface area contributed by atoms with Gasteiger partial charge in [0, 0.05) is 18.7 Å². The highest BCUT2D eigenvalue weighted by Gasteiger charge is 2.24. The summed E-state index contributed by atoms with van der Waals surface area (Å²) in [6, 6.07) is 15.4. The van der Waals surface area contributed by atoms with E-state index in [-0.39, 0.29) is 11.9 Å². The normalized spacial score (nSPS) is 15.0. The van der Waals surface area contributed by atoms with Gasteiger partial charge in [0.1, 0.15) is 11.4 Å². The van der Waals surface area contributed by atoms with Crippen molar-refractivity contribution < 1.29 is 19.1 Å². The molecule has 2 aromatic carbocycles. The number of hydrogen-bond donors (Lipinski definition) is 2. The molecule has 1 heterocycles. The second kappa shape index (κ2) is 11.2. The fraction of sp³-hybridized carbons (Fsp3) is 0.462. The molecular formula is C26H35N3O4. The van der Waals surface area contributed by atoms with E-state index in [1.807, 2.05) is 45.0 Å². The quantitative estimate of drug-likeness (QED) is 0.623. The summed E-state index contributed by atoms with van der Waals surface area (Å²) >= 11 is 0. The van der Waals surface area contributed by atoms with E-state index in [2.05, 4.69) is 27.7 Å². The summed E-state index contributed by atoms with van der Waals surface area (Å²) in [5.74, 6) is 0.712. The van der Waals surface area contributed by atoms with Gasteiger partial charge in [-0.25, -0.2) is 4.79 Å². The Hall–Kier alpha value is -3.06. The predicted molar refractivity (Wildman–Crippen MR) is 128 cm³/mol. The molecular weight excluding hydrogens is 418 g/mol. The van der Waals surface area contributed by atoms with Crippen LogP contribution in [0.1, 0.15) is 61.1 Å². The molecule has 0 saturated carbocycles. The van der Waals surface area contributed by atoms with Gasteiger partial charge in [0.05, 0.1) is 13.2 Å². The lowest BCUT2D eigenvalue weighted by Gasteiger charge is -2.28. The number of benzene rings is 2. The van der Waals surface area contributed by atoms with Crippen LogP contribution in [0.5, 0.6) is 5.75 Å². The first kappa shape index (κ1) is 24.6. The Morgan fingerprint density at radius 1 is 0.970 bits per heavy atom. The van der Waals surface area contributed by atoms with Crippen molar-refractivity contribution in [2.75, 3.05) is 26.7 Å². The molecule has 178 valence electrons. The van der Waals surface area contributed by atoms with Crippen molar-refractivity contribution >= 4 is 12.0 Å². The summed E-state index contributed by atoms with van der Waals surface area (Å²) in [5.41, 5.74) is 2.11. The lowest BCUT2D eigenvalue weighted by molar-refractivity contribution is 0.0523.